The Hall–Kier alpha value is -1.62. The van der Waals surface area contributed by atoms with Gasteiger partial charge >= 0.3 is 0 Å². The number of ether oxygens (including phenoxy) is 1. The van der Waals surface area contributed by atoms with Crippen molar-refractivity contribution >= 4 is 5.69 Å². The Morgan fingerprint density at radius 3 is 2.89 bits per heavy atom. The molecule has 2 unspecified atom stereocenters. The summed E-state index contributed by atoms with van der Waals surface area (Å²) in [4.78, 5) is 10.3. The zero-order valence-electron chi connectivity index (χ0n) is 10.5. The predicted octanol–water partition coefficient (Wildman–Crippen LogP) is 2.41. The Morgan fingerprint density at radius 1 is 1.50 bits per heavy atom. The van der Waals surface area contributed by atoms with Crippen LogP contribution in [0.1, 0.15) is 24.8 Å². The van der Waals surface area contributed by atoms with Crippen LogP contribution in [0, 0.1) is 23.0 Å². The van der Waals surface area contributed by atoms with Crippen LogP contribution in [-0.2, 0) is 0 Å². The molecule has 0 aromatic heterocycles. The van der Waals surface area contributed by atoms with Crippen LogP contribution < -0.4 is 10.5 Å². The highest BCUT2D eigenvalue weighted by atomic mass is 16.6. The second-order valence-electron chi connectivity index (χ2n) is 4.79. The fourth-order valence-electron chi connectivity index (χ4n) is 2.47. The van der Waals surface area contributed by atoms with Crippen molar-refractivity contribution in [1.29, 1.82) is 0 Å². The van der Waals surface area contributed by atoms with Gasteiger partial charge in [0.25, 0.3) is 5.69 Å². The molecule has 0 aliphatic heterocycles. The zero-order valence-corrected chi connectivity index (χ0v) is 10.5. The number of nitro benzene ring substituents is 1. The average Bonchev–Trinajstić information content (AvgIpc) is 2.78. The molecule has 0 saturated heterocycles. The minimum Gasteiger partial charge on any atom is -0.490 e. The fourth-order valence-corrected chi connectivity index (χ4v) is 2.47. The zero-order chi connectivity index (χ0) is 13.1. The molecular weight excluding hydrogens is 232 g/mol. The predicted molar refractivity (Wildman–Crippen MR) is 68.6 cm³/mol. The van der Waals surface area contributed by atoms with Gasteiger partial charge in [-0.15, -0.1) is 0 Å². The number of benzene rings is 1. The Kier molecular flexibility index (Phi) is 3.81. The van der Waals surface area contributed by atoms with E-state index >= 15 is 0 Å². The van der Waals surface area contributed by atoms with E-state index in [2.05, 4.69) is 0 Å². The maximum Gasteiger partial charge on any atom is 0.269 e. The normalized spacial score (nSPS) is 23.0. The summed E-state index contributed by atoms with van der Waals surface area (Å²) < 4.78 is 5.94. The lowest BCUT2D eigenvalue weighted by Gasteiger charge is -2.20. The van der Waals surface area contributed by atoms with E-state index in [0.717, 1.165) is 30.6 Å². The third-order valence-electron chi connectivity index (χ3n) is 3.54. The lowest BCUT2D eigenvalue weighted by molar-refractivity contribution is -0.384. The summed E-state index contributed by atoms with van der Waals surface area (Å²) in [5.74, 6) is 1.13. The van der Waals surface area contributed by atoms with Crippen molar-refractivity contribution < 1.29 is 9.66 Å². The molecule has 1 aromatic carbocycles. The van der Waals surface area contributed by atoms with E-state index in [1.165, 1.54) is 6.07 Å². The van der Waals surface area contributed by atoms with Crippen LogP contribution in [0.2, 0.25) is 0 Å². The molecule has 1 aromatic rings. The molecule has 98 valence electrons. The van der Waals surface area contributed by atoms with Crippen molar-refractivity contribution in [1.82, 2.24) is 0 Å². The van der Waals surface area contributed by atoms with E-state index in [1.54, 1.807) is 12.1 Å². The van der Waals surface area contributed by atoms with Crippen LogP contribution in [0.5, 0.6) is 5.75 Å². The molecule has 0 heterocycles. The molecule has 2 N–H and O–H groups in total. The Balaban J connectivity index is 2.12. The van der Waals surface area contributed by atoms with Gasteiger partial charge in [0.15, 0.2) is 0 Å². The summed E-state index contributed by atoms with van der Waals surface area (Å²) >= 11 is 0. The van der Waals surface area contributed by atoms with Crippen molar-refractivity contribution in [3.63, 3.8) is 0 Å². The largest absolute Gasteiger partial charge is 0.490 e. The second kappa shape index (κ2) is 5.35. The van der Waals surface area contributed by atoms with Gasteiger partial charge in [0.2, 0.25) is 0 Å². The first-order chi connectivity index (χ1) is 8.61. The van der Waals surface area contributed by atoms with Gasteiger partial charge in [-0.2, -0.15) is 0 Å². The van der Waals surface area contributed by atoms with E-state index in [0.29, 0.717) is 12.5 Å². The van der Waals surface area contributed by atoms with Crippen LogP contribution in [0.25, 0.3) is 0 Å². The first-order valence-corrected chi connectivity index (χ1v) is 6.23. The number of hydrogen-bond donors (Lipinski definition) is 1. The monoisotopic (exact) mass is 250 g/mol. The molecule has 5 heteroatoms. The molecule has 1 aliphatic rings. The quantitative estimate of drug-likeness (QED) is 0.657. The van der Waals surface area contributed by atoms with E-state index < -0.39 is 4.92 Å². The van der Waals surface area contributed by atoms with Gasteiger partial charge in [0, 0.05) is 18.1 Å². The molecule has 5 nitrogen and oxygen atoms in total. The maximum atomic E-state index is 10.7. The molecule has 0 radical (unpaired) electrons. The van der Waals surface area contributed by atoms with Crippen molar-refractivity contribution in [2.75, 3.05) is 6.54 Å². The Morgan fingerprint density at radius 2 is 2.28 bits per heavy atom. The summed E-state index contributed by atoms with van der Waals surface area (Å²) in [5.41, 5.74) is 6.61. The van der Waals surface area contributed by atoms with Crippen molar-refractivity contribution in [2.24, 2.45) is 11.7 Å². The second-order valence-corrected chi connectivity index (χ2v) is 4.79. The van der Waals surface area contributed by atoms with Gasteiger partial charge in [0.1, 0.15) is 11.9 Å². The number of non-ortho nitro benzene ring substituents is 1. The number of hydrogen-bond acceptors (Lipinski definition) is 4. The lowest BCUT2D eigenvalue weighted by atomic mass is 10.1. The van der Waals surface area contributed by atoms with Gasteiger partial charge in [0.05, 0.1) is 4.92 Å². The van der Waals surface area contributed by atoms with Gasteiger partial charge in [-0.3, -0.25) is 10.1 Å². The molecular formula is C13H18N2O3. The van der Waals surface area contributed by atoms with E-state index in [4.69, 9.17) is 10.5 Å². The fraction of sp³-hybridized carbons (Fsp3) is 0.538. The number of nitrogens with zero attached hydrogens (tertiary/aromatic N) is 1. The van der Waals surface area contributed by atoms with Gasteiger partial charge in [-0.25, -0.2) is 0 Å². The summed E-state index contributed by atoms with van der Waals surface area (Å²) in [6, 6.07) is 4.70. The average molecular weight is 250 g/mol. The lowest BCUT2D eigenvalue weighted by Crippen LogP contribution is -2.27. The highest BCUT2D eigenvalue weighted by molar-refractivity contribution is 5.43. The third-order valence-corrected chi connectivity index (χ3v) is 3.54. The number of rotatable bonds is 4. The summed E-state index contributed by atoms with van der Waals surface area (Å²) in [5, 5.41) is 10.7. The first-order valence-electron chi connectivity index (χ1n) is 6.23. The molecule has 0 spiro atoms. The molecule has 2 rings (SSSR count). The van der Waals surface area contributed by atoms with Crippen LogP contribution in [0.4, 0.5) is 5.69 Å². The summed E-state index contributed by atoms with van der Waals surface area (Å²) in [6.07, 6.45) is 3.40. The number of nitro groups is 1. The number of nitrogens with two attached hydrogens (primary N) is 1. The Bertz CT molecular complexity index is 448. The van der Waals surface area contributed by atoms with Crippen molar-refractivity contribution in [3.8, 4) is 5.75 Å². The highest BCUT2D eigenvalue weighted by Gasteiger charge is 2.28. The summed E-state index contributed by atoms with van der Waals surface area (Å²) in [7, 11) is 0. The van der Waals surface area contributed by atoms with Gasteiger partial charge in [-0.1, -0.05) is 0 Å². The van der Waals surface area contributed by atoms with Gasteiger partial charge in [-0.05, 0) is 44.4 Å². The van der Waals surface area contributed by atoms with Crippen LogP contribution >= 0.6 is 0 Å². The molecule has 0 bridgehead atoms. The van der Waals surface area contributed by atoms with Gasteiger partial charge < -0.3 is 10.5 Å². The standard InChI is InChI=1S/C13H18N2O3/c1-9-7-11(15(16)17)5-6-12(9)18-13-4-2-3-10(13)8-14/h5-7,10,13H,2-4,8,14H2,1H3. The van der Waals surface area contributed by atoms with E-state index in [-0.39, 0.29) is 11.8 Å². The first kappa shape index (κ1) is 12.8. The minimum absolute atomic E-state index is 0.0987. The SMILES string of the molecule is Cc1cc([N+](=O)[O-])ccc1OC1CCCC1CN. The maximum absolute atomic E-state index is 10.7. The molecule has 2 atom stereocenters. The smallest absolute Gasteiger partial charge is 0.269 e. The van der Waals surface area contributed by atoms with Crippen LogP contribution in [-0.4, -0.2) is 17.6 Å². The van der Waals surface area contributed by atoms with Crippen molar-refractivity contribution in [2.45, 2.75) is 32.3 Å². The Labute approximate surface area is 106 Å². The third kappa shape index (κ3) is 2.61. The van der Waals surface area contributed by atoms with Crippen LogP contribution in [0.15, 0.2) is 18.2 Å². The summed E-state index contributed by atoms with van der Waals surface area (Å²) in [6.45, 7) is 2.46. The molecule has 0 amide bonds. The minimum atomic E-state index is -0.394. The number of aryl methyl sites for hydroxylation is 1. The topological polar surface area (TPSA) is 78.4 Å². The van der Waals surface area contributed by atoms with Crippen LogP contribution in [0.3, 0.4) is 0 Å². The van der Waals surface area contributed by atoms with E-state index in [1.807, 2.05) is 6.92 Å². The molecule has 18 heavy (non-hydrogen) atoms. The molecule has 1 aliphatic carbocycles. The molecule has 1 fully saturated rings. The van der Waals surface area contributed by atoms with Crippen molar-refractivity contribution in [3.05, 3.63) is 33.9 Å². The van der Waals surface area contributed by atoms with E-state index in [9.17, 15) is 10.1 Å². The highest BCUT2D eigenvalue weighted by Crippen LogP contribution is 2.31. The molecule has 1 saturated carbocycles.